The van der Waals surface area contributed by atoms with E-state index in [1.165, 1.54) is 17.6 Å². The van der Waals surface area contributed by atoms with Crippen LogP contribution in [0.2, 0.25) is 0 Å². The Kier molecular flexibility index (Phi) is 5.61. The molecule has 0 heterocycles. The summed E-state index contributed by atoms with van der Waals surface area (Å²) in [6.07, 6.45) is 9.38. The maximum absolute atomic E-state index is 9.60. The van der Waals surface area contributed by atoms with Crippen molar-refractivity contribution < 1.29 is 0 Å². The van der Waals surface area contributed by atoms with Crippen molar-refractivity contribution in [3.05, 3.63) is 64.8 Å². The molecule has 0 fully saturated rings. The van der Waals surface area contributed by atoms with Crippen molar-refractivity contribution in [2.75, 3.05) is 0 Å². The molecule has 23 heavy (non-hydrogen) atoms. The molecule has 1 unspecified atom stereocenters. The number of nitriles is 1. The van der Waals surface area contributed by atoms with Gasteiger partial charge >= 0.3 is 0 Å². The van der Waals surface area contributed by atoms with Crippen LogP contribution in [-0.2, 0) is 0 Å². The van der Waals surface area contributed by atoms with E-state index in [0.717, 1.165) is 24.0 Å². The van der Waals surface area contributed by atoms with Gasteiger partial charge in [0.25, 0.3) is 0 Å². The monoisotopic (exact) mass is 305 g/mol. The van der Waals surface area contributed by atoms with E-state index in [4.69, 9.17) is 0 Å². The van der Waals surface area contributed by atoms with Gasteiger partial charge in [0.15, 0.2) is 0 Å². The summed E-state index contributed by atoms with van der Waals surface area (Å²) >= 11 is 0. The van der Waals surface area contributed by atoms with E-state index in [9.17, 15) is 5.26 Å². The van der Waals surface area contributed by atoms with Crippen LogP contribution in [0.1, 0.15) is 52.5 Å². The lowest BCUT2D eigenvalue weighted by Crippen LogP contribution is -2.24. The number of hydrogen-bond donors (Lipinski definition) is 0. The van der Waals surface area contributed by atoms with Gasteiger partial charge in [-0.25, -0.2) is 0 Å². The molecule has 120 valence electrons. The van der Waals surface area contributed by atoms with E-state index in [0.29, 0.717) is 11.3 Å². The number of nitrogens with zero attached hydrogens (tertiary/aromatic N) is 1. The summed E-state index contributed by atoms with van der Waals surface area (Å²) in [6.45, 7) is 9.10. The molecule has 1 aliphatic rings. The van der Waals surface area contributed by atoms with E-state index in [1.807, 2.05) is 30.4 Å². The van der Waals surface area contributed by atoms with E-state index in [1.54, 1.807) is 0 Å². The van der Waals surface area contributed by atoms with Gasteiger partial charge in [-0.15, -0.1) is 0 Å². The molecule has 0 aliphatic heterocycles. The standard InChI is InChI=1S/C22H27N/c1-17-13-14-20(22(2,3)4)15-21(17)19(16-23)12-8-11-18-9-6-5-7-10-18/h5-12,20H,13-15H2,1-4H3. The van der Waals surface area contributed by atoms with Crippen molar-refractivity contribution >= 4 is 6.08 Å². The summed E-state index contributed by atoms with van der Waals surface area (Å²) in [5.41, 5.74) is 4.92. The molecule has 0 radical (unpaired) electrons. The molecule has 2 rings (SSSR count). The summed E-state index contributed by atoms with van der Waals surface area (Å²) in [6, 6.07) is 12.6. The highest BCUT2D eigenvalue weighted by Crippen LogP contribution is 2.42. The van der Waals surface area contributed by atoms with Crippen molar-refractivity contribution in [2.24, 2.45) is 11.3 Å². The van der Waals surface area contributed by atoms with Crippen LogP contribution >= 0.6 is 0 Å². The summed E-state index contributed by atoms with van der Waals surface area (Å²) in [5.74, 6) is 0.649. The first-order valence-corrected chi connectivity index (χ1v) is 8.44. The zero-order valence-corrected chi connectivity index (χ0v) is 14.8. The first kappa shape index (κ1) is 17.3. The SMILES string of the molecule is CC1=C(C(C#N)=CC=Cc2ccccc2)CC(C(C)(C)C)CC1. The Morgan fingerprint density at radius 1 is 1.22 bits per heavy atom. The van der Waals surface area contributed by atoms with Crippen molar-refractivity contribution in [1.29, 1.82) is 5.26 Å². The van der Waals surface area contributed by atoms with Crippen LogP contribution in [0.5, 0.6) is 0 Å². The Balaban J connectivity index is 2.21. The van der Waals surface area contributed by atoms with Gasteiger partial charge in [0.05, 0.1) is 11.6 Å². The Labute approximate surface area is 141 Å². The molecule has 0 N–H and O–H groups in total. The molecule has 1 aromatic rings. The Hall–Kier alpha value is -2.07. The van der Waals surface area contributed by atoms with Crippen LogP contribution in [0.25, 0.3) is 6.08 Å². The number of benzene rings is 1. The van der Waals surface area contributed by atoms with Gasteiger partial charge in [-0.2, -0.15) is 5.26 Å². The quantitative estimate of drug-likeness (QED) is 0.474. The molecule has 0 bridgehead atoms. The van der Waals surface area contributed by atoms with Crippen LogP contribution < -0.4 is 0 Å². The minimum Gasteiger partial charge on any atom is -0.192 e. The van der Waals surface area contributed by atoms with Crippen molar-refractivity contribution in [1.82, 2.24) is 0 Å². The van der Waals surface area contributed by atoms with E-state index >= 15 is 0 Å². The van der Waals surface area contributed by atoms with E-state index < -0.39 is 0 Å². The van der Waals surface area contributed by atoms with Crippen LogP contribution in [0.3, 0.4) is 0 Å². The minimum atomic E-state index is 0.298. The molecule has 0 amide bonds. The lowest BCUT2D eigenvalue weighted by atomic mass is 9.69. The maximum Gasteiger partial charge on any atom is 0.0994 e. The average molecular weight is 305 g/mol. The molecule has 1 heteroatoms. The molecule has 1 nitrogen and oxygen atoms in total. The predicted molar refractivity (Wildman–Crippen MR) is 98.7 cm³/mol. The van der Waals surface area contributed by atoms with E-state index in [2.05, 4.69) is 52.0 Å². The molecule has 1 aliphatic carbocycles. The van der Waals surface area contributed by atoms with Crippen molar-refractivity contribution in [2.45, 2.75) is 47.0 Å². The summed E-state index contributed by atoms with van der Waals surface area (Å²) in [5, 5.41) is 9.60. The number of rotatable bonds is 3. The third-order valence-corrected chi connectivity index (χ3v) is 4.85. The predicted octanol–water partition coefficient (Wildman–Crippen LogP) is 6.31. The topological polar surface area (TPSA) is 23.8 Å². The minimum absolute atomic E-state index is 0.298. The second-order valence-corrected chi connectivity index (χ2v) is 7.53. The first-order valence-electron chi connectivity index (χ1n) is 8.44. The first-order chi connectivity index (χ1) is 10.9. The second-order valence-electron chi connectivity index (χ2n) is 7.53. The molecule has 1 aromatic carbocycles. The van der Waals surface area contributed by atoms with Crippen LogP contribution in [-0.4, -0.2) is 0 Å². The molecule has 0 saturated heterocycles. The molecule has 0 saturated carbocycles. The van der Waals surface area contributed by atoms with Gasteiger partial charge in [-0.3, -0.25) is 0 Å². The van der Waals surface area contributed by atoms with Gasteiger partial charge in [0, 0.05) is 0 Å². The lowest BCUT2D eigenvalue weighted by Gasteiger charge is -2.35. The van der Waals surface area contributed by atoms with Gasteiger partial charge in [-0.05, 0) is 54.7 Å². The van der Waals surface area contributed by atoms with Crippen LogP contribution in [0, 0.1) is 22.7 Å². The Bertz CT molecular complexity index is 660. The number of hydrogen-bond acceptors (Lipinski definition) is 1. The molecule has 1 atom stereocenters. The smallest absolute Gasteiger partial charge is 0.0994 e. The third kappa shape index (κ3) is 4.70. The van der Waals surface area contributed by atoms with Gasteiger partial charge in [0.2, 0.25) is 0 Å². The van der Waals surface area contributed by atoms with Crippen LogP contribution in [0.4, 0.5) is 0 Å². The van der Waals surface area contributed by atoms with Gasteiger partial charge in [0.1, 0.15) is 0 Å². The fourth-order valence-corrected chi connectivity index (χ4v) is 3.17. The molecule has 0 spiro atoms. The number of allylic oxidation sites excluding steroid dienone is 5. The lowest BCUT2D eigenvalue weighted by molar-refractivity contribution is 0.217. The van der Waals surface area contributed by atoms with Crippen LogP contribution in [0.15, 0.2) is 59.2 Å². The maximum atomic E-state index is 9.60. The Morgan fingerprint density at radius 3 is 2.52 bits per heavy atom. The van der Waals surface area contributed by atoms with E-state index in [-0.39, 0.29) is 0 Å². The summed E-state index contributed by atoms with van der Waals surface area (Å²) < 4.78 is 0. The molecular formula is C22H27N. The summed E-state index contributed by atoms with van der Waals surface area (Å²) in [7, 11) is 0. The Morgan fingerprint density at radius 2 is 1.91 bits per heavy atom. The molecule has 0 aromatic heterocycles. The molecular weight excluding hydrogens is 278 g/mol. The average Bonchev–Trinajstić information content (AvgIpc) is 2.52. The van der Waals surface area contributed by atoms with Gasteiger partial charge < -0.3 is 0 Å². The van der Waals surface area contributed by atoms with Gasteiger partial charge in [-0.1, -0.05) is 68.8 Å². The highest BCUT2D eigenvalue weighted by molar-refractivity contribution is 5.54. The highest BCUT2D eigenvalue weighted by Gasteiger charge is 2.29. The zero-order chi connectivity index (χ0) is 16.9. The third-order valence-electron chi connectivity index (χ3n) is 4.85. The normalized spacial score (nSPS) is 20.0. The zero-order valence-electron chi connectivity index (χ0n) is 14.8. The summed E-state index contributed by atoms with van der Waals surface area (Å²) in [4.78, 5) is 0. The highest BCUT2D eigenvalue weighted by atomic mass is 14.4. The van der Waals surface area contributed by atoms with Crippen molar-refractivity contribution in [3.63, 3.8) is 0 Å². The fraction of sp³-hybridized carbons (Fsp3) is 0.409. The largest absolute Gasteiger partial charge is 0.192 e. The fourth-order valence-electron chi connectivity index (χ4n) is 3.17. The second kappa shape index (κ2) is 7.47. The van der Waals surface area contributed by atoms with Crippen molar-refractivity contribution in [3.8, 4) is 6.07 Å².